The van der Waals surface area contributed by atoms with E-state index in [0.29, 0.717) is 36.1 Å². The summed E-state index contributed by atoms with van der Waals surface area (Å²) in [5.74, 6) is -0.527. The van der Waals surface area contributed by atoms with Crippen LogP contribution in [0.25, 0.3) is 0 Å². The Kier molecular flexibility index (Phi) is 4.11. The van der Waals surface area contributed by atoms with Gasteiger partial charge in [0.05, 0.1) is 12.5 Å². The molecular weight excluding hydrogens is 283 g/mol. The fourth-order valence-electron chi connectivity index (χ4n) is 4.15. The molecule has 1 saturated carbocycles. The van der Waals surface area contributed by atoms with Crippen LogP contribution in [0.15, 0.2) is 6.07 Å². The zero-order valence-electron chi connectivity index (χ0n) is 13.1. The second-order valence-corrected chi connectivity index (χ2v) is 6.55. The molecule has 0 unspecified atom stereocenters. The van der Waals surface area contributed by atoms with Gasteiger partial charge in [0.25, 0.3) is 0 Å². The fourth-order valence-corrected chi connectivity index (χ4v) is 4.15. The number of ether oxygens (including phenoxy) is 1. The maximum absolute atomic E-state index is 15.1. The minimum absolute atomic E-state index is 0.292. The van der Waals surface area contributed by atoms with E-state index in [1.165, 1.54) is 0 Å². The largest absolute Gasteiger partial charge is 0.496 e. The van der Waals surface area contributed by atoms with E-state index in [0.717, 1.165) is 44.1 Å². The molecule has 0 aromatic heterocycles. The molecule has 1 aromatic rings. The van der Waals surface area contributed by atoms with Crippen molar-refractivity contribution in [3.05, 3.63) is 28.6 Å². The number of carboxylic acids is 1. The van der Waals surface area contributed by atoms with Gasteiger partial charge in [-0.2, -0.15) is 0 Å². The predicted octanol–water partition coefficient (Wildman–Crippen LogP) is 4.00. The van der Waals surface area contributed by atoms with Crippen LogP contribution < -0.4 is 4.74 Å². The van der Waals surface area contributed by atoms with Crippen LogP contribution in [0.4, 0.5) is 4.39 Å². The number of carbonyl (C=O) groups is 1. The highest BCUT2D eigenvalue weighted by atomic mass is 19.1. The first-order chi connectivity index (χ1) is 10.6. The highest BCUT2D eigenvalue weighted by molar-refractivity contribution is 5.82. The summed E-state index contributed by atoms with van der Waals surface area (Å²) in [6.45, 7) is 0. The highest BCUT2D eigenvalue weighted by Gasteiger charge is 2.44. The Balaban J connectivity index is 2.19. The molecule has 1 N–H and O–H groups in total. The van der Waals surface area contributed by atoms with E-state index in [1.54, 1.807) is 13.2 Å². The minimum atomic E-state index is -1.08. The van der Waals surface area contributed by atoms with E-state index in [9.17, 15) is 9.90 Å². The number of rotatable bonds is 3. The van der Waals surface area contributed by atoms with Crippen LogP contribution in [0.3, 0.4) is 0 Å². The lowest BCUT2D eigenvalue weighted by Gasteiger charge is -2.35. The number of halogens is 1. The number of benzene rings is 1. The van der Waals surface area contributed by atoms with Crippen molar-refractivity contribution < 1.29 is 19.0 Å². The van der Waals surface area contributed by atoms with E-state index in [4.69, 9.17) is 4.74 Å². The van der Waals surface area contributed by atoms with E-state index in [-0.39, 0.29) is 5.82 Å². The van der Waals surface area contributed by atoms with E-state index < -0.39 is 11.4 Å². The summed E-state index contributed by atoms with van der Waals surface area (Å²) in [7, 11) is 1.58. The van der Waals surface area contributed by atoms with Gasteiger partial charge in [-0.1, -0.05) is 19.3 Å². The molecule has 0 aliphatic heterocycles. The highest BCUT2D eigenvalue weighted by Crippen LogP contribution is 2.45. The van der Waals surface area contributed by atoms with Crippen molar-refractivity contribution in [1.29, 1.82) is 0 Å². The predicted molar refractivity (Wildman–Crippen MR) is 82.0 cm³/mol. The lowest BCUT2D eigenvalue weighted by molar-refractivity contribution is -0.145. The maximum Gasteiger partial charge on any atom is 0.314 e. The van der Waals surface area contributed by atoms with Crippen LogP contribution in [0.1, 0.15) is 61.6 Å². The molecule has 1 fully saturated rings. The summed E-state index contributed by atoms with van der Waals surface area (Å²) in [4.78, 5) is 12.0. The van der Waals surface area contributed by atoms with Gasteiger partial charge >= 0.3 is 5.97 Å². The van der Waals surface area contributed by atoms with Gasteiger partial charge in [0.15, 0.2) is 0 Å². The number of hydrogen-bond donors (Lipinski definition) is 1. The van der Waals surface area contributed by atoms with Crippen molar-refractivity contribution in [1.82, 2.24) is 0 Å². The molecule has 4 heteroatoms. The van der Waals surface area contributed by atoms with Crippen molar-refractivity contribution in [2.45, 2.75) is 63.2 Å². The van der Waals surface area contributed by atoms with Crippen LogP contribution in [0, 0.1) is 5.82 Å². The van der Waals surface area contributed by atoms with Gasteiger partial charge < -0.3 is 9.84 Å². The molecule has 0 spiro atoms. The number of methoxy groups -OCH3 is 1. The molecule has 0 bridgehead atoms. The van der Waals surface area contributed by atoms with Crippen molar-refractivity contribution in [2.75, 3.05) is 7.11 Å². The Morgan fingerprint density at radius 2 is 1.77 bits per heavy atom. The Labute approximate surface area is 130 Å². The van der Waals surface area contributed by atoms with Crippen molar-refractivity contribution >= 4 is 5.97 Å². The van der Waals surface area contributed by atoms with Crippen LogP contribution in [-0.2, 0) is 23.1 Å². The van der Waals surface area contributed by atoms with Crippen LogP contribution in [0.2, 0.25) is 0 Å². The Morgan fingerprint density at radius 3 is 2.36 bits per heavy atom. The third-order valence-corrected chi connectivity index (χ3v) is 5.39. The first-order valence-corrected chi connectivity index (χ1v) is 8.22. The first-order valence-electron chi connectivity index (χ1n) is 8.22. The van der Waals surface area contributed by atoms with Gasteiger partial charge in [0, 0.05) is 11.1 Å². The monoisotopic (exact) mass is 306 g/mol. The standard InChI is InChI=1S/C18H23FO3/c1-22-15-11-14(16(19)13-8-4-3-7-12(13)15)18(17(20)21)9-5-2-6-10-18/h11H,2-10H2,1H3,(H,20,21). The molecule has 0 amide bonds. The summed E-state index contributed by atoms with van der Waals surface area (Å²) in [6.07, 6.45) is 7.22. The maximum atomic E-state index is 15.1. The molecule has 2 aliphatic carbocycles. The molecule has 0 heterocycles. The van der Waals surface area contributed by atoms with E-state index >= 15 is 4.39 Å². The molecule has 1 aromatic carbocycles. The van der Waals surface area contributed by atoms with Crippen LogP contribution >= 0.6 is 0 Å². The summed E-state index contributed by atoms with van der Waals surface area (Å²) in [5.41, 5.74) is 0.887. The average Bonchev–Trinajstić information content (AvgIpc) is 2.56. The normalized spacial score (nSPS) is 20.3. The molecule has 3 rings (SSSR count). The molecule has 0 saturated heterocycles. The molecule has 22 heavy (non-hydrogen) atoms. The van der Waals surface area contributed by atoms with Crippen molar-refractivity contribution in [2.24, 2.45) is 0 Å². The average molecular weight is 306 g/mol. The van der Waals surface area contributed by atoms with Gasteiger partial charge in [-0.05, 0) is 50.2 Å². The molecule has 3 nitrogen and oxygen atoms in total. The third-order valence-electron chi connectivity index (χ3n) is 5.39. The van der Waals surface area contributed by atoms with Crippen molar-refractivity contribution in [3.63, 3.8) is 0 Å². The van der Waals surface area contributed by atoms with Gasteiger partial charge in [0.1, 0.15) is 11.6 Å². The first kappa shape index (κ1) is 15.3. The zero-order valence-corrected chi connectivity index (χ0v) is 13.1. The minimum Gasteiger partial charge on any atom is -0.496 e. The SMILES string of the molecule is COc1cc(C2(C(=O)O)CCCCC2)c(F)c2c1CCCC2. The van der Waals surface area contributed by atoms with Gasteiger partial charge in [-0.15, -0.1) is 0 Å². The number of aliphatic carboxylic acids is 1. The van der Waals surface area contributed by atoms with Gasteiger partial charge in [-0.25, -0.2) is 4.39 Å². The molecule has 0 radical (unpaired) electrons. The second-order valence-electron chi connectivity index (χ2n) is 6.55. The number of fused-ring (bicyclic) bond motifs is 1. The Hall–Kier alpha value is -1.58. The van der Waals surface area contributed by atoms with Gasteiger partial charge in [0.2, 0.25) is 0 Å². The summed E-state index contributed by atoms with van der Waals surface area (Å²) in [6, 6.07) is 1.67. The quantitative estimate of drug-likeness (QED) is 0.918. The van der Waals surface area contributed by atoms with Crippen LogP contribution in [0.5, 0.6) is 5.75 Å². The molecule has 2 aliphatic rings. The number of carboxylic acid groups (broad SMARTS) is 1. The van der Waals surface area contributed by atoms with E-state index in [2.05, 4.69) is 0 Å². The Bertz CT molecular complexity index is 588. The van der Waals surface area contributed by atoms with Crippen LogP contribution in [-0.4, -0.2) is 18.2 Å². The van der Waals surface area contributed by atoms with Gasteiger partial charge in [-0.3, -0.25) is 4.79 Å². The smallest absolute Gasteiger partial charge is 0.314 e. The number of hydrogen-bond acceptors (Lipinski definition) is 2. The molecule has 120 valence electrons. The fraction of sp³-hybridized carbons (Fsp3) is 0.611. The molecule has 0 atom stereocenters. The molecular formula is C18H23FO3. The summed E-state index contributed by atoms with van der Waals surface area (Å²) < 4.78 is 20.6. The Morgan fingerprint density at radius 1 is 1.14 bits per heavy atom. The summed E-state index contributed by atoms with van der Waals surface area (Å²) in [5, 5.41) is 9.83. The third kappa shape index (κ3) is 2.29. The second kappa shape index (κ2) is 5.90. The zero-order chi connectivity index (χ0) is 15.7. The summed E-state index contributed by atoms with van der Waals surface area (Å²) >= 11 is 0. The van der Waals surface area contributed by atoms with E-state index in [1.807, 2.05) is 0 Å². The lowest BCUT2D eigenvalue weighted by atomic mass is 9.68. The lowest BCUT2D eigenvalue weighted by Crippen LogP contribution is -2.39. The topological polar surface area (TPSA) is 46.5 Å². The van der Waals surface area contributed by atoms with Crippen molar-refractivity contribution in [3.8, 4) is 5.75 Å².